The number of anilines is 2. The number of rotatable bonds is 3. The fraction of sp³-hybridized carbons (Fsp3) is 0.0714. The molecule has 2 aromatic rings. The van der Waals surface area contributed by atoms with Gasteiger partial charge in [0.1, 0.15) is 0 Å². The van der Waals surface area contributed by atoms with Gasteiger partial charge in [-0.2, -0.15) is 0 Å². The molecule has 0 aliphatic rings. The average molecular weight is 280 g/mol. The fourth-order valence-electron chi connectivity index (χ4n) is 1.65. The molecule has 2 rings (SSSR count). The Labute approximate surface area is 116 Å². The largest absolute Gasteiger partial charge is 0.352 e. The van der Waals surface area contributed by atoms with Crippen LogP contribution in [-0.2, 0) is 0 Å². The highest BCUT2D eigenvalue weighted by molar-refractivity contribution is 6.39. The van der Waals surface area contributed by atoms with Gasteiger partial charge < -0.3 is 5.32 Å². The Bertz CT molecular complexity index is 576. The maximum absolute atomic E-state index is 11.5. The Morgan fingerprint density at radius 3 is 2.22 bits per heavy atom. The molecular weight excluding hydrogens is 269 g/mol. The summed E-state index contributed by atoms with van der Waals surface area (Å²) in [7, 11) is 0. The van der Waals surface area contributed by atoms with Gasteiger partial charge in [-0.05, 0) is 31.2 Å². The standard InChI is InChI=1S/C14H11Cl2NO/c1-9(18)10-5-2-3-8-13(10)17-14-11(15)6-4-7-12(14)16/h2-8,17H,1H3. The summed E-state index contributed by atoms with van der Waals surface area (Å²) in [5.74, 6) is -0.0127. The highest BCUT2D eigenvalue weighted by Gasteiger charge is 2.10. The molecular formula is C14H11Cl2NO. The van der Waals surface area contributed by atoms with Crippen molar-refractivity contribution in [2.45, 2.75) is 6.92 Å². The van der Waals surface area contributed by atoms with Crippen LogP contribution in [0.15, 0.2) is 42.5 Å². The number of ketones is 1. The molecule has 0 saturated carbocycles. The zero-order valence-corrected chi connectivity index (χ0v) is 11.2. The lowest BCUT2D eigenvalue weighted by molar-refractivity contribution is 0.101. The van der Waals surface area contributed by atoms with Crippen molar-refractivity contribution in [1.82, 2.24) is 0 Å². The van der Waals surface area contributed by atoms with E-state index in [0.717, 1.165) is 0 Å². The van der Waals surface area contributed by atoms with E-state index in [1.807, 2.05) is 18.2 Å². The quantitative estimate of drug-likeness (QED) is 0.807. The molecule has 0 spiro atoms. The number of benzene rings is 2. The minimum atomic E-state index is -0.0127. The van der Waals surface area contributed by atoms with Crippen LogP contribution in [0.2, 0.25) is 10.0 Å². The number of nitrogens with one attached hydrogen (secondary N) is 1. The van der Waals surface area contributed by atoms with E-state index in [2.05, 4.69) is 5.32 Å². The SMILES string of the molecule is CC(=O)c1ccccc1Nc1c(Cl)cccc1Cl. The van der Waals surface area contributed by atoms with Crippen molar-refractivity contribution in [3.8, 4) is 0 Å². The van der Waals surface area contributed by atoms with Crippen molar-refractivity contribution in [3.05, 3.63) is 58.1 Å². The number of para-hydroxylation sites is 2. The zero-order valence-electron chi connectivity index (χ0n) is 9.71. The third kappa shape index (κ3) is 2.66. The number of halogens is 2. The molecule has 0 bridgehead atoms. The lowest BCUT2D eigenvalue weighted by Crippen LogP contribution is -2.00. The second kappa shape index (κ2) is 5.42. The third-order valence-electron chi connectivity index (χ3n) is 2.53. The first-order valence-electron chi connectivity index (χ1n) is 5.40. The monoisotopic (exact) mass is 279 g/mol. The van der Waals surface area contributed by atoms with Gasteiger partial charge in [-0.1, -0.05) is 41.4 Å². The molecule has 0 aliphatic carbocycles. The van der Waals surface area contributed by atoms with E-state index in [1.54, 1.807) is 24.3 Å². The van der Waals surface area contributed by atoms with E-state index in [9.17, 15) is 4.79 Å². The zero-order chi connectivity index (χ0) is 13.1. The van der Waals surface area contributed by atoms with E-state index in [-0.39, 0.29) is 5.78 Å². The summed E-state index contributed by atoms with van der Waals surface area (Å²) < 4.78 is 0. The Kier molecular flexibility index (Phi) is 3.90. The van der Waals surface area contributed by atoms with Crippen LogP contribution in [0.25, 0.3) is 0 Å². The van der Waals surface area contributed by atoms with Crippen LogP contribution < -0.4 is 5.32 Å². The minimum absolute atomic E-state index is 0.0127. The van der Waals surface area contributed by atoms with Crippen molar-refractivity contribution >= 4 is 40.4 Å². The molecule has 0 atom stereocenters. The Hall–Kier alpha value is -1.51. The molecule has 2 aromatic carbocycles. The predicted octanol–water partition coefficient (Wildman–Crippen LogP) is 4.94. The van der Waals surface area contributed by atoms with E-state index in [1.165, 1.54) is 6.92 Å². The first kappa shape index (κ1) is 12.9. The second-order valence-corrected chi connectivity index (χ2v) is 4.64. The smallest absolute Gasteiger partial charge is 0.161 e. The number of hydrogen-bond donors (Lipinski definition) is 1. The number of carbonyl (C=O) groups is 1. The summed E-state index contributed by atoms with van der Waals surface area (Å²) in [6.45, 7) is 1.52. The molecule has 0 aromatic heterocycles. The number of Topliss-reactive ketones (excluding diaryl/α,β-unsaturated/α-hetero) is 1. The Morgan fingerprint density at radius 1 is 1.00 bits per heavy atom. The molecule has 18 heavy (non-hydrogen) atoms. The molecule has 0 heterocycles. The van der Waals surface area contributed by atoms with Gasteiger partial charge in [0.05, 0.1) is 15.7 Å². The van der Waals surface area contributed by atoms with Gasteiger partial charge >= 0.3 is 0 Å². The molecule has 4 heteroatoms. The highest BCUT2D eigenvalue weighted by atomic mass is 35.5. The summed E-state index contributed by atoms with van der Waals surface area (Å²) in [5.41, 5.74) is 1.91. The maximum atomic E-state index is 11.5. The molecule has 0 radical (unpaired) electrons. The molecule has 0 saturated heterocycles. The van der Waals surface area contributed by atoms with Crippen LogP contribution >= 0.6 is 23.2 Å². The predicted molar refractivity (Wildman–Crippen MR) is 76.2 cm³/mol. The first-order valence-corrected chi connectivity index (χ1v) is 6.16. The molecule has 0 aliphatic heterocycles. The van der Waals surface area contributed by atoms with Crippen LogP contribution in [0.4, 0.5) is 11.4 Å². The molecule has 0 unspecified atom stereocenters. The third-order valence-corrected chi connectivity index (χ3v) is 3.16. The Balaban J connectivity index is 2.43. The lowest BCUT2D eigenvalue weighted by Gasteiger charge is -2.12. The van der Waals surface area contributed by atoms with Crippen LogP contribution in [0.5, 0.6) is 0 Å². The van der Waals surface area contributed by atoms with Gasteiger partial charge in [0.2, 0.25) is 0 Å². The normalized spacial score (nSPS) is 10.2. The van der Waals surface area contributed by atoms with Crippen molar-refractivity contribution in [2.75, 3.05) is 5.32 Å². The molecule has 2 nitrogen and oxygen atoms in total. The average Bonchev–Trinajstić information content (AvgIpc) is 2.34. The van der Waals surface area contributed by atoms with Gasteiger partial charge in [-0.3, -0.25) is 4.79 Å². The molecule has 0 fully saturated rings. The summed E-state index contributed by atoms with van der Waals surface area (Å²) in [5, 5.41) is 4.14. The van der Waals surface area contributed by atoms with Gasteiger partial charge in [0.25, 0.3) is 0 Å². The summed E-state index contributed by atoms with van der Waals surface area (Å²) in [6.07, 6.45) is 0. The van der Waals surface area contributed by atoms with Gasteiger partial charge in [0, 0.05) is 11.3 Å². The lowest BCUT2D eigenvalue weighted by atomic mass is 10.1. The van der Waals surface area contributed by atoms with Crippen LogP contribution in [0, 0.1) is 0 Å². The summed E-state index contributed by atoms with van der Waals surface area (Å²) in [6, 6.07) is 12.5. The van der Waals surface area contributed by atoms with Gasteiger partial charge in [-0.15, -0.1) is 0 Å². The second-order valence-electron chi connectivity index (χ2n) is 3.82. The number of carbonyl (C=O) groups excluding carboxylic acids is 1. The fourth-order valence-corrected chi connectivity index (χ4v) is 2.14. The van der Waals surface area contributed by atoms with E-state index >= 15 is 0 Å². The minimum Gasteiger partial charge on any atom is -0.352 e. The van der Waals surface area contributed by atoms with E-state index in [0.29, 0.717) is 27.0 Å². The highest BCUT2D eigenvalue weighted by Crippen LogP contribution is 2.33. The van der Waals surface area contributed by atoms with Crippen LogP contribution in [0.3, 0.4) is 0 Å². The van der Waals surface area contributed by atoms with Gasteiger partial charge in [-0.25, -0.2) is 0 Å². The van der Waals surface area contributed by atoms with Crippen molar-refractivity contribution < 1.29 is 4.79 Å². The maximum Gasteiger partial charge on any atom is 0.161 e. The molecule has 0 amide bonds. The van der Waals surface area contributed by atoms with Crippen molar-refractivity contribution in [2.24, 2.45) is 0 Å². The van der Waals surface area contributed by atoms with E-state index < -0.39 is 0 Å². The van der Waals surface area contributed by atoms with Crippen molar-refractivity contribution in [1.29, 1.82) is 0 Å². The van der Waals surface area contributed by atoms with Crippen LogP contribution in [-0.4, -0.2) is 5.78 Å². The molecule has 1 N–H and O–H groups in total. The van der Waals surface area contributed by atoms with Crippen LogP contribution in [0.1, 0.15) is 17.3 Å². The first-order chi connectivity index (χ1) is 8.59. The Morgan fingerprint density at radius 2 is 1.61 bits per heavy atom. The molecule has 92 valence electrons. The van der Waals surface area contributed by atoms with Crippen molar-refractivity contribution in [3.63, 3.8) is 0 Å². The summed E-state index contributed by atoms with van der Waals surface area (Å²) >= 11 is 12.2. The van der Waals surface area contributed by atoms with Gasteiger partial charge in [0.15, 0.2) is 5.78 Å². The summed E-state index contributed by atoms with van der Waals surface area (Å²) in [4.78, 5) is 11.5. The topological polar surface area (TPSA) is 29.1 Å². The number of hydrogen-bond acceptors (Lipinski definition) is 2. The van der Waals surface area contributed by atoms with E-state index in [4.69, 9.17) is 23.2 Å².